The summed E-state index contributed by atoms with van der Waals surface area (Å²) in [6.45, 7) is 7.47. The average Bonchev–Trinajstić information content (AvgIpc) is 2.37. The summed E-state index contributed by atoms with van der Waals surface area (Å²) in [5.41, 5.74) is 0.699. The fourth-order valence-corrected chi connectivity index (χ4v) is 2.84. The molecular formula is C16H26F2N2S. The number of rotatable bonds is 8. The van der Waals surface area contributed by atoms with Crippen LogP contribution >= 0.6 is 11.8 Å². The second-order valence-electron chi connectivity index (χ2n) is 5.85. The number of hydrogen-bond acceptors (Lipinski definition) is 3. The van der Waals surface area contributed by atoms with Crippen molar-refractivity contribution in [1.82, 2.24) is 5.32 Å². The highest BCUT2D eigenvalue weighted by molar-refractivity contribution is 7.98. The van der Waals surface area contributed by atoms with E-state index in [1.807, 2.05) is 13.2 Å². The van der Waals surface area contributed by atoms with Gasteiger partial charge >= 0.3 is 0 Å². The number of hydrogen-bond donors (Lipinski definition) is 1. The van der Waals surface area contributed by atoms with Gasteiger partial charge in [-0.2, -0.15) is 11.8 Å². The van der Waals surface area contributed by atoms with Crippen molar-refractivity contribution in [3.05, 3.63) is 29.3 Å². The highest BCUT2D eigenvalue weighted by Crippen LogP contribution is 2.26. The van der Waals surface area contributed by atoms with Crippen LogP contribution in [0.5, 0.6) is 0 Å². The highest BCUT2D eigenvalue weighted by atomic mass is 32.2. The molecule has 0 spiro atoms. The molecule has 0 saturated heterocycles. The minimum Gasteiger partial charge on any atom is -0.366 e. The van der Waals surface area contributed by atoms with E-state index in [9.17, 15) is 8.78 Å². The minimum absolute atomic E-state index is 0.0594. The van der Waals surface area contributed by atoms with Gasteiger partial charge in [0.2, 0.25) is 0 Å². The molecule has 0 aromatic heterocycles. The van der Waals surface area contributed by atoms with Gasteiger partial charge in [-0.3, -0.25) is 0 Å². The zero-order chi connectivity index (χ0) is 16.0. The first-order valence-electron chi connectivity index (χ1n) is 7.27. The summed E-state index contributed by atoms with van der Waals surface area (Å²) >= 11 is 1.66. The third-order valence-electron chi connectivity index (χ3n) is 3.38. The van der Waals surface area contributed by atoms with Crippen LogP contribution in [0.4, 0.5) is 14.5 Å². The second-order valence-corrected chi connectivity index (χ2v) is 6.76. The van der Waals surface area contributed by atoms with Crippen LogP contribution in [0.1, 0.15) is 26.3 Å². The van der Waals surface area contributed by atoms with Gasteiger partial charge in [0.25, 0.3) is 0 Å². The molecule has 5 heteroatoms. The standard InChI is InChI=1S/C16H26F2N2S/c1-11(2)8-19-9-13-6-14(17)16(15(18)7-13)20(4)12(3)10-21-5/h6-7,11-12,19H,8-10H2,1-5H3. The molecule has 1 aromatic rings. The van der Waals surface area contributed by atoms with Gasteiger partial charge in [0.1, 0.15) is 17.3 Å². The molecule has 0 heterocycles. The summed E-state index contributed by atoms with van der Waals surface area (Å²) in [7, 11) is 1.74. The molecule has 0 radical (unpaired) electrons. The van der Waals surface area contributed by atoms with Gasteiger partial charge in [-0.25, -0.2) is 8.78 Å². The number of nitrogens with zero attached hydrogens (tertiary/aromatic N) is 1. The van der Waals surface area contributed by atoms with E-state index < -0.39 is 11.6 Å². The Bertz CT molecular complexity index is 429. The second kappa shape index (κ2) is 8.59. The van der Waals surface area contributed by atoms with E-state index >= 15 is 0 Å². The molecule has 0 amide bonds. The Balaban J connectivity index is 2.84. The van der Waals surface area contributed by atoms with E-state index in [0.29, 0.717) is 18.0 Å². The van der Waals surface area contributed by atoms with Gasteiger partial charge in [0.05, 0.1) is 0 Å². The van der Waals surface area contributed by atoms with Crippen molar-refractivity contribution >= 4 is 17.4 Å². The maximum absolute atomic E-state index is 14.2. The third-order valence-corrected chi connectivity index (χ3v) is 4.20. The molecule has 0 saturated carbocycles. The molecule has 0 fully saturated rings. The van der Waals surface area contributed by atoms with Crippen molar-refractivity contribution in [1.29, 1.82) is 0 Å². The summed E-state index contributed by atoms with van der Waals surface area (Å²) in [6, 6.07) is 2.93. The lowest BCUT2D eigenvalue weighted by atomic mass is 10.1. The zero-order valence-electron chi connectivity index (χ0n) is 13.5. The number of thioether (sulfide) groups is 1. The predicted octanol–water partition coefficient (Wildman–Crippen LogP) is 3.90. The molecule has 21 heavy (non-hydrogen) atoms. The highest BCUT2D eigenvalue weighted by Gasteiger charge is 2.19. The Hall–Kier alpha value is -0.810. The van der Waals surface area contributed by atoms with E-state index in [4.69, 9.17) is 0 Å². The first-order valence-corrected chi connectivity index (χ1v) is 8.66. The fraction of sp³-hybridized carbons (Fsp3) is 0.625. The molecular weight excluding hydrogens is 290 g/mol. The average molecular weight is 316 g/mol. The van der Waals surface area contributed by atoms with Gasteiger partial charge in [-0.05, 0) is 43.3 Å². The number of benzene rings is 1. The summed E-state index contributed by atoms with van der Waals surface area (Å²) in [5, 5.41) is 3.20. The Morgan fingerprint density at radius 3 is 2.24 bits per heavy atom. The Kier molecular flexibility index (Phi) is 7.46. The van der Waals surface area contributed by atoms with Crippen molar-refractivity contribution in [3.8, 4) is 0 Å². The molecule has 120 valence electrons. The van der Waals surface area contributed by atoms with Crippen molar-refractivity contribution in [3.63, 3.8) is 0 Å². The molecule has 2 nitrogen and oxygen atoms in total. The molecule has 1 unspecified atom stereocenters. The van der Waals surface area contributed by atoms with Gasteiger partial charge in [0.15, 0.2) is 0 Å². The number of nitrogens with one attached hydrogen (secondary N) is 1. The monoisotopic (exact) mass is 316 g/mol. The lowest BCUT2D eigenvalue weighted by Crippen LogP contribution is -2.32. The van der Waals surface area contributed by atoms with Gasteiger partial charge in [-0.15, -0.1) is 0 Å². The van der Waals surface area contributed by atoms with Crippen LogP contribution in [0.2, 0.25) is 0 Å². The molecule has 0 aliphatic carbocycles. The lowest BCUT2D eigenvalue weighted by molar-refractivity contribution is 0.540. The molecule has 1 aromatic carbocycles. The van der Waals surface area contributed by atoms with Crippen LogP contribution in [0, 0.1) is 17.6 Å². The first-order chi connectivity index (χ1) is 9.86. The lowest BCUT2D eigenvalue weighted by Gasteiger charge is -2.27. The zero-order valence-corrected chi connectivity index (χ0v) is 14.4. The minimum atomic E-state index is -0.494. The Labute approximate surface area is 131 Å². The van der Waals surface area contributed by atoms with E-state index in [0.717, 1.165) is 12.3 Å². The van der Waals surface area contributed by atoms with Crippen molar-refractivity contribution < 1.29 is 8.78 Å². The van der Waals surface area contributed by atoms with Gasteiger partial charge in [0, 0.05) is 25.4 Å². The summed E-state index contributed by atoms with van der Waals surface area (Å²) < 4.78 is 28.5. The van der Waals surface area contributed by atoms with E-state index in [1.165, 1.54) is 12.1 Å². The predicted molar refractivity (Wildman–Crippen MR) is 89.1 cm³/mol. The van der Waals surface area contributed by atoms with E-state index in [-0.39, 0.29) is 11.7 Å². The van der Waals surface area contributed by atoms with Crippen LogP contribution in [-0.2, 0) is 6.54 Å². The van der Waals surface area contributed by atoms with Crippen LogP contribution in [0.3, 0.4) is 0 Å². The Morgan fingerprint density at radius 2 is 1.76 bits per heavy atom. The summed E-state index contributed by atoms with van der Waals surface area (Å²) in [6.07, 6.45) is 1.99. The molecule has 1 rings (SSSR count). The normalized spacial score (nSPS) is 12.8. The number of halogens is 2. The first kappa shape index (κ1) is 18.2. The third kappa shape index (κ3) is 5.47. The van der Waals surface area contributed by atoms with Crippen LogP contribution in [-0.4, -0.2) is 31.6 Å². The van der Waals surface area contributed by atoms with Crippen molar-refractivity contribution in [2.24, 2.45) is 5.92 Å². The smallest absolute Gasteiger partial charge is 0.149 e. The van der Waals surface area contributed by atoms with E-state index in [2.05, 4.69) is 19.2 Å². The topological polar surface area (TPSA) is 15.3 Å². The van der Waals surface area contributed by atoms with Crippen molar-refractivity contribution in [2.45, 2.75) is 33.4 Å². The summed E-state index contributed by atoms with van der Waals surface area (Å²) in [4.78, 5) is 1.67. The SMILES string of the molecule is CSCC(C)N(C)c1c(F)cc(CNCC(C)C)cc1F. The maximum atomic E-state index is 14.2. The fourth-order valence-electron chi connectivity index (χ4n) is 2.14. The molecule has 1 N–H and O–H groups in total. The molecule has 0 bridgehead atoms. The molecule has 0 aliphatic heterocycles. The molecule has 1 atom stereocenters. The van der Waals surface area contributed by atoms with E-state index in [1.54, 1.807) is 23.7 Å². The largest absolute Gasteiger partial charge is 0.366 e. The maximum Gasteiger partial charge on any atom is 0.149 e. The Morgan fingerprint density at radius 1 is 1.19 bits per heavy atom. The van der Waals surface area contributed by atoms with Gasteiger partial charge in [-0.1, -0.05) is 13.8 Å². The van der Waals surface area contributed by atoms with Crippen molar-refractivity contribution in [2.75, 3.05) is 30.5 Å². The van der Waals surface area contributed by atoms with Gasteiger partial charge < -0.3 is 10.2 Å². The number of anilines is 1. The quantitative estimate of drug-likeness (QED) is 0.783. The summed E-state index contributed by atoms with van der Waals surface area (Å²) in [5.74, 6) is 0.351. The van der Waals surface area contributed by atoms with Crippen LogP contribution in [0.25, 0.3) is 0 Å². The van der Waals surface area contributed by atoms with Crippen LogP contribution < -0.4 is 10.2 Å². The molecule has 0 aliphatic rings. The van der Waals surface area contributed by atoms with Crippen LogP contribution in [0.15, 0.2) is 12.1 Å².